The van der Waals surface area contributed by atoms with Gasteiger partial charge in [-0.25, -0.2) is 0 Å². The molecule has 2 rings (SSSR count). The minimum atomic E-state index is 0.372. The monoisotopic (exact) mass is 252 g/mol. The van der Waals surface area contributed by atoms with E-state index < -0.39 is 0 Å². The molecule has 1 aliphatic carbocycles. The fourth-order valence-corrected chi connectivity index (χ4v) is 3.43. The van der Waals surface area contributed by atoms with Gasteiger partial charge < -0.3 is 5.32 Å². The summed E-state index contributed by atoms with van der Waals surface area (Å²) >= 11 is 0. The van der Waals surface area contributed by atoms with Gasteiger partial charge in [-0.05, 0) is 37.0 Å². The second kappa shape index (κ2) is 5.13. The third-order valence-corrected chi connectivity index (χ3v) is 5.47. The Balaban J connectivity index is 2.07. The summed E-state index contributed by atoms with van der Waals surface area (Å²) in [5, 5.41) is 3.86. The zero-order chi connectivity index (χ0) is 13.4. The number of hydrogen-bond acceptors (Lipinski definition) is 2. The molecule has 1 unspecified atom stereocenters. The maximum absolute atomic E-state index is 3.86. The van der Waals surface area contributed by atoms with Crippen LogP contribution in [0.5, 0.6) is 0 Å². The molecule has 0 amide bonds. The summed E-state index contributed by atoms with van der Waals surface area (Å²) in [6.07, 6.45) is 5.38. The Bertz CT molecular complexity index is 277. The third-order valence-electron chi connectivity index (χ3n) is 5.47. The fourth-order valence-electron chi connectivity index (χ4n) is 3.43. The van der Waals surface area contributed by atoms with Crippen molar-refractivity contribution in [3.63, 3.8) is 0 Å². The van der Waals surface area contributed by atoms with Crippen molar-refractivity contribution in [2.45, 2.75) is 71.9 Å². The van der Waals surface area contributed by atoms with E-state index in [0.717, 1.165) is 12.0 Å². The van der Waals surface area contributed by atoms with Gasteiger partial charge in [0.2, 0.25) is 0 Å². The van der Waals surface area contributed by atoms with Crippen LogP contribution >= 0.6 is 0 Å². The molecule has 0 radical (unpaired) electrons. The smallest absolute Gasteiger partial charge is 0.0304 e. The molecule has 0 aromatic rings. The summed E-state index contributed by atoms with van der Waals surface area (Å²) in [5.74, 6) is 0.756. The molecular formula is C16H32N2. The molecule has 106 valence electrons. The SMILES string of the molecule is CCC1(CC)CN(CC2(C)CC2)C(C(C)C)CN1. The maximum atomic E-state index is 3.86. The van der Waals surface area contributed by atoms with Crippen LogP contribution in [-0.4, -0.2) is 36.1 Å². The fraction of sp³-hybridized carbons (Fsp3) is 1.00. The summed E-state index contributed by atoms with van der Waals surface area (Å²) in [4.78, 5) is 2.81. The first-order chi connectivity index (χ1) is 8.44. The Kier molecular flexibility index (Phi) is 4.08. The minimum absolute atomic E-state index is 0.372. The molecule has 2 heteroatoms. The van der Waals surface area contributed by atoms with Gasteiger partial charge in [0.1, 0.15) is 0 Å². The highest BCUT2D eigenvalue weighted by Gasteiger charge is 2.44. The van der Waals surface area contributed by atoms with Crippen LogP contribution in [0.3, 0.4) is 0 Å². The minimum Gasteiger partial charge on any atom is -0.308 e. The van der Waals surface area contributed by atoms with Crippen molar-refractivity contribution >= 4 is 0 Å². The van der Waals surface area contributed by atoms with Crippen molar-refractivity contribution in [3.8, 4) is 0 Å². The summed E-state index contributed by atoms with van der Waals surface area (Å²) in [7, 11) is 0. The lowest BCUT2D eigenvalue weighted by Crippen LogP contribution is -2.65. The molecule has 0 aromatic carbocycles. The average molecular weight is 252 g/mol. The van der Waals surface area contributed by atoms with Crippen LogP contribution in [0.25, 0.3) is 0 Å². The Morgan fingerprint density at radius 3 is 2.28 bits per heavy atom. The van der Waals surface area contributed by atoms with Gasteiger partial charge >= 0.3 is 0 Å². The van der Waals surface area contributed by atoms with Crippen LogP contribution in [0.15, 0.2) is 0 Å². The van der Waals surface area contributed by atoms with Crippen LogP contribution in [0, 0.1) is 11.3 Å². The van der Waals surface area contributed by atoms with Crippen molar-refractivity contribution in [1.82, 2.24) is 10.2 Å². The average Bonchev–Trinajstić information content (AvgIpc) is 3.06. The number of nitrogens with zero attached hydrogens (tertiary/aromatic N) is 1. The summed E-state index contributed by atoms with van der Waals surface area (Å²) in [6, 6.07) is 0.730. The predicted octanol–water partition coefficient (Wildman–Crippen LogP) is 3.28. The van der Waals surface area contributed by atoms with Gasteiger partial charge in [0.25, 0.3) is 0 Å². The quantitative estimate of drug-likeness (QED) is 0.808. The van der Waals surface area contributed by atoms with E-state index in [9.17, 15) is 0 Å². The van der Waals surface area contributed by atoms with E-state index in [2.05, 4.69) is 44.8 Å². The number of nitrogens with one attached hydrogen (secondary N) is 1. The molecule has 1 atom stereocenters. The van der Waals surface area contributed by atoms with Crippen LogP contribution in [0.2, 0.25) is 0 Å². The lowest BCUT2D eigenvalue weighted by molar-refractivity contribution is 0.0369. The highest BCUT2D eigenvalue weighted by molar-refractivity contribution is 5.01. The molecule has 1 heterocycles. The standard InChI is InChI=1S/C16H32N2/c1-6-16(7-2)12-18(11-15(5)8-9-15)14(10-17-16)13(3)4/h13-14,17H,6-12H2,1-5H3. The first kappa shape index (κ1) is 14.3. The summed E-state index contributed by atoms with van der Waals surface area (Å²) < 4.78 is 0. The van der Waals surface area contributed by atoms with Gasteiger partial charge in [0.05, 0.1) is 0 Å². The van der Waals surface area contributed by atoms with Crippen LogP contribution in [0.1, 0.15) is 60.3 Å². The van der Waals surface area contributed by atoms with Crippen molar-refractivity contribution in [2.75, 3.05) is 19.6 Å². The van der Waals surface area contributed by atoms with Crippen molar-refractivity contribution in [2.24, 2.45) is 11.3 Å². The molecule has 1 saturated heterocycles. The van der Waals surface area contributed by atoms with E-state index in [1.54, 1.807) is 0 Å². The molecule has 0 bridgehead atoms. The van der Waals surface area contributed by atoms with E-state index in [0.29, 0.717) is 11.0 Å². The highest BCUT2D eigenvalue weighted by Crippen LogP contribution is 2.46. The van der Waals surface area contributed by atoms with Gasteiger partial charge in [-0.3, -0.25) is 4.90 Å². The first-order valence-corrected chi connectivity index (χ1v) is 7.93. The van der Waals surface area contributed by atoms with Gasteiger partial charge in [0.15, 0.2) is 0 Å². The first-order valence-electron chi connectivity index (χ1n) is 7.93. The number of rotatable bonds is 5. The molecule has 2 fully saturated rings. The van der Waals surface area contributed by atoms with Crippen molar-refractivity contribution in [1.29, 1.82) is 0 Å². The lowest BCUT2D eigenvalue weighted by atomic mass is 9.85. The van der Waals surface area contributed by atoms with Crippen molar-refractivity contribution < 1.29 is 0 Å². The molecule has 2 nitrogen and oxygen atoms in total. The zero-order valence-corrected chi connectivity index (χ0v) is 13.1. The molecule has 18 heavy (non-hydrogen) atoms. The van der Waals surface area contributed by atoms with E-state index >= 15 is 0 Å². The Hall–Kier alpha value is -0.0800. The molecule has 0 spiro atoms. The van der Waals surface area contributed by atoms with Crippen molar-refractivity contribution in [3.05, 3.63) is 0 Å². The van der Waals surface area contributed by atoms with Gasteiger partial charge in [0, 0.05) is 31.2 Å². The normalized spacial score (nSPS) is 30.7. The summed E-state index contributed by atoms with van der Waals surface area (Å²) in [5.41, 5.74) is 1.01. The van der Waals surface area contributed by atoms with E-state index in [1.165, 1.54) is 45.3 Å². The van der Waals surface area contributed by atoms with Crippen LogP contribution in [0.4, 0.5) is 0 Å². The Morgan fingerprint density at radius 1 is 1.22 bits per heavy atom. The van der Waals surface area contributed by atoms with E-state index in [1.807, 2.05) is 0 Å². The third kappa shape index (κ3) is 2.91. The topological polar surface area (TPSA) is 15.3 Å². The highest BCUT2D eigenvalue weighted by atomic mass is 15.3. The van der Waals surface area contributed by atoms with Crippen LogP contribution in [-0.2, 0) is 0 Å². The Labute approximate surface area is 114 Å². The second-order valence-corrected chi connectivity index (χ2v) is 7.40. The zero-order valence-electron chi connectivity index (χ0n) is 13.1. The van der Waals surface area contributed by atoms with Gasteiger partial charge in [-0.15, -0.1) is 0 Å². The predicted molar refractivity (Wildman–Crippen MR) is 78.9 cm³/mol. The molecule has 2 aliphatic rings. The molecule has 1 aliphatic heterocycles. The molecule has 1 N–H and O–H groups in total. The molecule has 1 saturated carbocycles. The van der Waals surface area contributed by atoms with Gasteiger partial charge in [-0.2, -0.15) is 0 Å². The largest absolute Gasteiger partial charge is 0.308 e. The van der Waals surface area contributed by atoms with Gasteiger partial charge in [-0.1, -0.05) is 34.6 Å². The molecule has 0 aromatic heterocycles. The molecular weight excluding hydrogens is 220 g/mol. The second-order valence-electron chi connectivity index (χ2n) is 7.40. The number of hydrogen-bond donors (Lipinski definition) is 1. The Morgan fingerprint density at radius 2 is 1.83 bits per heavy atom. The summed E-state index contributed by atoms with van der Waals surface area (Å²) in [6.45, 7) is 15.6. The lowest BCUT2D eigenvalue weighted by Gasteiger charge is -2.49. The maximum Gasteiger partial charge on any atom is 0.0304 e. The van der Waals surface area contributed by atoms with E-state index in [4.69, 9.17) is 0 Å². The van der Waals surface area contributed by atoms with Crippen LogP contribution < -0.4 is 5.32 Å². The number of piperazine rings is 1. The van der Waals surface area contributed by atoms with E-state index in [-0.39, 0.29) is 0 Å².